The van der Waals surface area contributed by atoms with Crippen LogP contribution >= 0.6 is 11.6 Å². The van der Waals surface area contributed by atoms with Crippen LogP contribution < -0.4 is 5.73 Å². The minimum absolute atomic E-state index is 0.311. The highest BCUT2D eigenvalue weighted by Crippen LogP contribution is 2.02. The molecular formula is C7H6ClN3O. The molecule has 0 aliphatic heterocycles. The second kappa shape index (κ2) is 3.82. The van der Waals surface area contributed by atoms with Gasteiger partial charge in [0.05, 0.1) is 5.69 Å². The molecule has 1 amide bonds. The Balaban J connectivity index is 2.77. The third-order valence-corrected chi connectivity index (χ3v) is 1.27. The molecule has 1 aromatic heterocycles. The standard InChI is InChI=1S/C7H6ClN3O/c8-6-3-1-5(10-11-6)2-4-7(9)12/h1-4H,(H2,9,12). The number of rotatable bonds is 2. The fraction of sp³-hybridized carbons (Fsp3) is 0. The Kier molecular flexibility index (Phi) is 2.76. The predicted molar refractivity (Wildman–Crippen MR) is 45.3 cm³/mol. The molecule has 0 aliphatic carbocycles. The van der Waals surface area contributed by atoms with Crippen molar-refractivity contribution in [2.45, 2.75) is 0 Å². The number of hydrogen-bond acceptors (Lipinski definition) is 3. The van der Waals surface area contributed by atoms with Gasteiger partial charge in [0.15, 0.2) is 5.15 Å². The van der Waals surface area contributed by atoms with Crippen molar-refractivity contribution in [3.05, 3.63) is 29.1 Å². The number of halogens is 1. The van der Waals surface area contributed by atoms with Crippen LogP contribution in [0.15, 0.2) is 18.2 Å². The summed E-state index contributed by atoms with van der Waals surface area (Å²) in [4.78, 5) is 10.3. The van der Waals surface area contributed by atoms with E-state index < -0.39 is 5.91 Å². The molecule has 0 bridgehead atoms. The Morgan fingerprint density at radius 3 is 2.75 bits per heavy atom. The van der Waals surface area contributed by atoms with Gasteiger partial charge in [0.1, 0.15) is 0 Å². The third-order valence-electron chi connectivity index (χ3n) is 1.07. The lowest BCUT2D eigenvalue weighted by Gasteiger charge is -1.89. The minimum Gasteiger partial charge on any atom is -0.366 e. The molecule has 0 spiro atoms. The lowest BCUT2D eigenvalue weighted by atomic mass is 10.3. The van der Waals surface area contributed by atoms with E-state index >= 15 is 0 Å². The van der Waals surface area contributed by atoms with E-state index in [2.05, 4.69) is 10.2 Å². The van der Waals surface area contributed by atoms with Gasteiger partial charge >= 0.3 is 0 Å². The van der Waals surface area contributed by atoms with E-state index in [1.54, 1.807) is 12.1 Å². The molecule has 2 N–H and O–H groups in total. The SMILES string of the molecule is NC(=O)C=Cc1ccc(Cl)nn1. The summed E-state index contributed by atoms with van der Waals surface area (Å²) in [5.41, 5.74) is 5.41. The molecule has 62 valence electrons. The van der Waals surface area contributed by atoms with Gasteiger partial charge in [0.25, 0.3) is 0 Å². The van der Waals surface area contributed by atoms with Crippen LogP contribution in [0.2, 0.25) is 5.15 Å². The van der Waals surface area contributed by atoms with E-state index in [0.29, 0.717) is 10.8 Å². The van der Waals surface area contributed by atoms with Crippen LogP contribution in [-0.4, -0.2) is 16.1 Å². The first kappa shape index (κ1) is 8.67. The Morgan fingerprint density at radius 2 is 2.25 bits per heavy atom. The molecule has 12 heavy (non-hydrogen) atoms. The summed E-state index contributed by atoms with van der Waals surface area (Å²) >= 11 is 5.49. The largest absolute Gasteiger partial charge is 0.366 e. The van der Waals surface area contributed by atoms with Crippen LogP contribution in [0.3, 0.4) is 0 Å². The van der Waals surface area contributed by atoms with Crippen molar-refractivity contribution in [2.24, 2.45) is 5.73 Å². The number of carbonyl (C=O) groups excluding carboxylic acids is 1. The summed E-state index contributed by atoms with van der Waals surface area (Å²) < 4.78 is 0. The van der Waals surface area contributed by atoms with Crippen molar-refractivity contribution < 1.29 is 4.79 Å². The maximum absolute atomic E-state index is 10.3. The predicted octanol–water partition coefficient (Wildman–Crippen LogP) is 0.629. The molecule has 0 unspecified atom stereocenters. The Morgan fingerprint density at radius 1 is 1.50 bits per heavy atom. The van der Waals surface area contributed by atoms with E-state index in [0.717, 1.165) is 0 Å². The quantitative estimate of drug-likeness (QED) is 0.684. The molecule has 0 saturated heterocycles. The molecule has 0 aliphatic rings. The summed E-state index contributed by atoms with van der Waals surface area (Å²) in [5, 5.41) is 7.55. The van der Waals surface area contributed by atoms with Crippen LogP contribution in [0.4, 0.5) is 0 Å². The highest BCUT2D eigenvalue weighted by atomic mass is 35.5. The van der Waals surface area contributed by atoms with Gasteiger partial charge in [-0.05, 0) is 18.2 Å². The maximum atomic E-state index is 10.3. The first-order chi connectivity index (χ1) is 5.68. The van der Waals surface area contributed by atoms with E-state index in [1.165, 1.54) is 12.2 Å². The summed E-state index contributed by atoms with van der Waals surface area (Å²) in [7, 11) is 0. The first-order valence-electron chi connectivity index (χ1n) is 3.15. The smallest absolute Gasteiger partial charge is 0.241 e. The monoisotopic (exact) mass is 183 g/mol. The third kappa shape index (κ3) is 2.67. The molecule has 1 aromatic rings. The highest BCUT2D eigenvalue weighted by molar-refractivity contribution is 6.29. The van der Waals surface area contributed by atoms with Crippen LogP contribution in [0.25, 0.3) is 6.08 Å². The molecule has 1 heterocycles. The van der Waals surface area contributed by atoms with Gasteiger partial charge in [-0.2, -0.15) is 0 Å². The fourth-order valence-electron chi connectivity index (χ4n) is 0.583. The number of aromatic nitrogens is 2. The zero-order valence-electron chi connectivity index (χ0n) is 6.07. The highest BCUT2D eigenvalue weighted by Gasteiger charge is 1.91. The van der Waals surface area contributed by atoms with E-state index in [1.807, 2.05) is 0 Å². The van der Waals surface area contributed by atoms with Gasteiger partial charge in [0.2, 0.25) is 5.91 Å². The second-order valence-electron chi connectivity index (χ2n) is 2.02. The summed E-state index contributed by atoms with van der Waals surface area (Å²) in [6, 6.07) is 3.21. The minimum atomic E-state index is -0.522. The van der Waals surface area contributed by atoms with E-state index in [9.17, 15) is 4.79 Å². The summed E-state index contributed by atoms with van der Waals surface area (Å²) in [6.45, 7) is 0. The number of hydrogen-bond donors (Lipinski definition) is 1. The average molecular weight is 184 g/mol. The fourth-order valence-corrected chi connectivity index (χ4v) is 0.684. The van der Waals surface area contributed by atoms with Crippen molar-refractivity contribution in [2.75, 3.05) is 0 Å². The average Bonchev–Trinajstić information content (AvgIpc) is 2.03. The van der Waals surface area contributed by atoms with Crippen LogP contribution in [0.1, 0.15) is 5.69 Å². The number of carbonyl (C=O) groups is 1. The van der Waals surface area contributed by atoms with Crippen molar-refractivity contribution in [1.29, 1.82) is 0 Å². The van der Waals surface area contributed by atoms with Crippen molar-refractivity contribution in [3.8, 4) is 0 Å². The lowest BCUT2D eigenvalue weighted by molar-refractivity contribution is -0.113. The van der Waals surface area contributed by atoms with Gasteiger partial charge in [-0.3, -0.25) is 4.79 Å². The molecule has 5 heteroatoms. The molecule has 0 radical (unpaired) electrons. The lowest BCUT2D eigenvalue weighted by Crippen LogP contribution is -2.05. The van der Waals surface area contributed by atoms with Crippen molar-refractivity contribution >= 4 is 23.6 Å². The molecule has 0 aromatic carbocycles. The van der Waals surface area contributed by atoms with Crippen LogP contribution in [-0.2, 0) is 4.79 Å². The number of amides is 1. The second-order valence-corrected chi connectivity index (χ2v) is 2.40. The zero-order valence-corrected chi connectivity index (χ0v) is 6.82. The zero-order chi connectivity index (χ0) is 8.97. The Bertz CT molecular complexity index is 307. The normalized spacial score (nSPS) is 10.4. The van der Waals surface area contributed by atoms with Gasteiger partial charge in [-0.25, -0.2) is 0 Å². The number of primary amides is 1. The summed E-state index contributed by atoms with van der Waals surface area (Å²) in [5.74, 6) is -0.522. The topological polar surface area (TPSA) is 68.9 Å². The van der Waals surface area contributed by atoms with Gasteiger partial charge < -0.3 is 5.73 Å². The molecule has 4 nitrogen and oxygen atoms in total. The van der Waals surface area contributed by atoms with E-state index in [4.69, 9.17) is 17.3 Å². The Labute approximate surface area is 74.0 Å². The van der Waals surface area contributed by atoms with Crippen molar-refractivity contribution in [1.82, 2.24) is 10.2 Å². The van der Waals surface area contributed by atoms with Crippen LogP contribution in [0.5, 0.6) is 0 Å². The van der Waals surface area contributed by atoms with Gasteiger partial charge in [-0.15, -0.1) is 10.2 Å². The molecule has 0 saturated carbocycles. The van der Waals surface area contributed by atoms with Crippen molar-refractivity contribution in [3.63, 3.8) is 0 Å². The Hall–Kier alpha value is -1.42. The molecular weight excluding hydrogens is 178 g/mol. The molecule has 0 fully saturated rings. The van der Waals surface area contributed by atoms with Crippen LogP contribution in [0, 0.1) is 0 Å². The van der Waals surface area contributed by atoms with E-state index in [-0.39, 0.29) is 0 Å². The number of nitrogens with zero attached hydrogens (tertiary/aromatic N) is 2. The maximum Gasteiger partial charge on any atom is 0.241 e. The van der Waals surface area contributed by atoms with Gasteiger partial charge in [-0.1, -0.05) is 11.6 Å². The first-order valence-corrected chi connectivity index (χ1v) is 3.53. The molecule has 0 atom stereocenters. The molecule has 1 rings (SSSR count). The number of nitrogens with two attached hydrogens (primary N) is 1. The van der Waals surface area contributed by atoms with Gasteiger partial charge in [0, 0.05) is 6.08 Å². The summed E-state index contributed by atoms with van der Waals surface area (Å²) in [6.07, 6.45) is 2.67.